The molecule has 2 aliphatic rings. The van der Waals surface area contributed by atoms with Gasteiger partial charge >= 0.3 is 0 Å². The van der Waals surface area contributed by atoms with Gasteiger partial charge in [0, 0.05) is 38.8 Å². The maximum absolute atomic E-state index is 12.4. The number of nitrogens with one attached hydrogen (secondary N) is 1. The third kappa shape index (κ3) is 5.61. The molecule has 2 amide bonds. The number of carbonyl (C=O) groups is 2. The van der Waals surface area contributed by atoms with Crippen molar-refractivity contribution in [1.29, 1.82) is 0 Å². The molecule has 0 aliphatic carbocycles. The van der Waals surface area contributed by atoms with Crippen LogP contribution in [0.1, 0.15) is 51.4 Å². The predicted octanol–water partition coefficient (Wildman–Crippen LogP) is 1.97. The largest absolute Gasteiger partial charge is 0.341 e. The highest BCUT2D eigenvalue weighted by atomic mass is 16.2. The lowest BCUT2D eigenvalue weighted by Crippen LogP contribution is -2.34. The second-order valence-corrected chi connectivity index (χ2v) is 7.00. The molecule has 3 heterocycles. The van der Waals surface area contributed by atoms with Crippen molar-refractivity contribution in [3.05, 3.63) is 6.33 Å². The number of carbonyl (C=O) groups excluding carboxylic acids is 2. The molecule has 0 radical (unpaired) electrons. The molecule has 0 aromatic carbocycles. The lowest BCUT2D eigenvalue weighted by atomic mass is 10.0. The van der Waals surface area contributed by atoms with E-state index in [4.69, 9.17) is 6.42 Å². The van der Waals surface area contributed by atoms with Gasteiger partial charge in [-0.05, 0) is 12.8 Å². The van der Waals surface area contributed by atoms with Crippen LogP contribution in [0.4, 0.5) is 5.95 Å². The highest BCUT2D eigenvalue weighted by molar-refractivity contribution is 5.88. The van der Waals surface area contributed by atoms with E-state index < -0.39 is 5.66 Å². The molecule has 0 spiro atoms. The highest BCUT2D eigenvalue weighted by Crippen LogP contribution is 2.37. The number of anilines is 1. The molecule has 0 unspecified atom stereocenters. The molecule has 1 aromatic heterocycles. The highest BCUT2D eigenvalue weighted by Gasteiger charge is 2.39. The Morgan fingerprint density at radius 1 is 1.19 bits per heavy atom. The molecule has 0 saturated carbocycles. The van der Waals surface area contributed by atoms with Gasteiger partial charge < -0.3 is 4.90 Å². The zero-order valence-corrected chi connectivity index (χ0v) is 15.4. The molecule has 0 atom stereocenters. The van der Waals surface area contributed by atoms with Crippen molar-refractivity contribution < 1.29 is 9.59 Å². The first-order valence-electron chi connectivity index (χ1n) is 9.45. The molecular weight excluding hydrogens is 346 g/mol. The third-order valence-electron chi connectivity index (χ3n) is 4.85. The van der Waals surface area contributed by atoms with Gasteiger partial charge in [-0.1, -0.05) is 12.8 Å². The number of likely N-dealkylation sites (tertiary alicyclic amines) is 1. The lowest BCUT2D eigenvalue weighted by molar-refractivity contribution is -0.132. The summed E-state index contributed by atoms with van der Waals surface area (Å²) in [7, 11) is 0. The molecule has 3 rings (SSSR count). The van der Waals surface area contributed by atoms with Gasteiger partial charge in [-0.25, -0.2) is 9.67 Å². The summed E-state index contributed by atoms with van der Waals surface area (Å²) in [6.45, 7) is 1.74. The number of nitrogens with zero attached hydrogens (tertiary/aromatic N) is 6. The molecular formula is C18H25N7O2. The molecule has 9 heteroatoms. The predicted molar refractivity (Wildman–Crippen MR) is 98.6 cm³/mol. The second kappa shape index (κ2) is 8.75. The fraction of sp³-hybridized carbons (Fsp3) is 0.667. The lowest BCUT2D eigenvalue weighted by Gasteiger charge is -2.19. The Balaban J connectivity index is 1.43. The van der Waals surface area contributed by atoms with E-state index >= 15 is 0 Å². The molecule has 0 bridgehead atoms. The number of aromatic nitrogens is 3. The molecule has 1 fully saturated rings. The molecule has 2 aliphatic heterocycles. The van der Waals surface area contributed by atoms with Crippen molar-refractivity contribution in [3.63, 3.8) is 0 Å². The van der Waals surface area contributed by atoms with E-state index in [1.54, 1.807) is 0 Å². The third-order valence-corrected chi connectivity index (χ3v) is 4.85. The summed E-state index contributed by atoms with van der Waals surface area (Å²) < 4.78 is 1.46. The maximum atomic E-state index is 12.4. The van der Waals surface area contributed by atoms with E-state index in [1.165, 1.54) is 23.9 Å². The van der Waals surface area contributed by atoms with E-state index in [0.29, 0.717) is 19.3 Å². The number of hydrogen-bond acceptors (Lipinski definition) is 6. The van der Waals surface area contributed by atoms with Gasteiger partial charge in [0.25, 0.3) is 0 Å². The molecule has 27 heavy (non-hydrogen) atoms. The topological polar surface area (TPSA) is 105 Å². The second-order valence-electron chi connectivity index (χ2n) is 7.00. The van der Waals surface area contributed by atoms with Crippen LogP contribution in [0.5, 0.6) is 0 Å². The Hall–Kier alpha value is -2.76. The van der Waals surface area contributed by atoms with Crippen molar-refractivity contribution in [2.24, 2.45) is 10.2 Å². The maximum Gasteiger partial charge on any atom is 0.248 e. The van der Waals surface area contributed by atoms with E-state index in [0.717, 1.165) is 25.9 Å². The molecule has 1 aromatic rings. The Morgan fingerprint density at radius 2 is 1.93 bits per heavy atom. The minimum Gasteiger partial charge on any atom is -0.341 e. The molecule has 144 valence electrons. The summed E-state index contributed by atoms with van der Waals surface area (Å²) >= 11 is 0. The minimum absolute atomic E-state index is 0.0343. The molecule has 9 nitrogen and oxygen atoms in total. The number of rotatable bonds is 8. The first kappa shape index (κ1) is 19.0. The smallest absolute Gasteiger partial charge is 0.248 e. The average Bonchev–Trinajstić information content (AvgIpc) is 3.38. The van der Waals surface area contributed by atoms with Crippen LogP contribution in [0.25, 0.3) is 0 Å². The van der Waals surface area contributed by atoms with E-state index in [9.17, 15) is 9.59 Å². The van der Waals surface area contributed by atoms with Gasteiger partial charge in [0.15, 0.2) is 5.66 Å². The minimum atomic E-state index is -0.476. The Labute approximate surface area is 158 Å². The summed E-state index contributed by atoms with van der Waals surface area (Å²) in [5, 5.41) is 14.8. The summed E-state index contributed by atoms with van der Waals surface area (Å²) in [5.41, 5.74) is -0.476. The standard InChI is InChI=1S/C18H25N7O2/c1-2-3-9-18(22-23-18)10-8-15(26)20-17-19-14-25(21-17)13-16(27)24-11-6-4-5-7-12-24/h1,14H,3-13H2,(H,20,21,26). The van der Waals surface area contributed by atoms with Crippen LogP contribution < -0.4 is 5.32 Å². The van der Waals surface area contributed by atoms with Crippen molar-refractivity contribution in [3.8, 4) is 12.3 Å². The van der Waals surface area contributed by atoms with Crippen LogP contribution in [0, 0.1) is 12.3 Å². The van der Waals surface area contributed by atoms with Gasteiger partial charge in [-0.3, -0.25) is 14.9 Å². The van der Waals surface area contributed by atoms with Crippen molar-refractivity contribution in [2.45, 2.75) is 63.6 Å². The van der Waals surface area contributed by atoms with Crippen LogP contribution in [0.3, 0.4) is 0 Å². The molecule has 1 N–H and O–H groups in total. The van der Waals surface area contributed by atoms with Crippen LogP contribution in [0.2, 0.25) is 0 Å². The van der Waals surface area contributed by atoms with Crippen LogP contribution in [-0.2, 0) is 16.1 Å². The van der Waals surface area contributed by atoms with Crippen LogP contribution in [0.15, 0.2) is 16.6 Å². The number of terminal acetylenes is 1. The summed E-state index contributed by atoms with van der Waals surface area (Å²) in [6, 6.07) is 0. The zero-order valence-electron chi connectivity index (χ0n) is 15.4. The molecule has 1 saturated heterocycles. The zero-order chi connectivity index (χ0) is 19.1. The van der Waals surface area contributed by atoms with Crippen molar-refractivity contribution in [2.75, 3.05) is 18.4 Å². The van der Waals surface area contributed by atoms with Gasteiger partial charge in [0.05, 0.1) is 0 Å². The Bertz CT molecular complexity index is 735. The summed E-state index contributed by atoms with van der Waals surface area (Å²) in [6.07, 6.45) is 13.2. The number of hydrogen-bond donors (Lipinski definition) is 1. The fourth-order valence-electron chi connectivity index (χ4n) is 3.16. The van der Waals surface area contributed by atoms with E-state index in [2.05, 4.69) is 31.5 Å². The van der Waals surface area contributed by atoms with E-state index in [-0.39, 0.29) is 30.7 Å². The van der Waals surface area contributed by atoms with E-state index in [1.807, 2.05) is 4.90 Å². The van der Waals surface area contributed by atoms with Crippen molar-refractivity contribution in [1.82, 2.24) is 19.7 Å². The Kier molecular flexibility index (Phi) is 6.16. The SMILES string of the molecule is C#CCCC1(CCC(=O)Nc2ncn(CC(=O)N3CCCCCC3)n2)N=N1. The Morgan fingerprint density at radius 3 is 2.59 bits per heavy atom. The van der Waals surface area contributed by atoms with Gasteiger partial charge in [-0.2, -0.15) is 10.2 Å². The number of amides is 2. The van der Waals surface area contributed by atoms with Gasteiger partial charge in [-0.15, -0.1) is 17.4 Å². The van der Waals surface area contributed by atoms with Gasteiger partial charge in [0.1, 0.15) is 12.9 Å². The van der Waals surface area contributed by atoms with Crippen LogP contribution >= 0.6 is 0 Å². The summed E-state index contributed by atoms with van der Waals surface area (Å²) in [5.74, 6) is 2.59. The van der Waals surface area contributed by atoms with Crippen molar-refractivity contribution >= 4 is 17.8 Å². The normalized spacial score (nSPS) is 17.8. The summed E-state index contributed by atoms with van der Waals surface area (Å²) in [4.78, 5) is 30.4. The average molecular weight is 371 g/mol. The first-order chi connectivity index (χ1) is 13.1. The van der Waals surface area contributed by atoms with Crippen LogP contribution in [-0.4, -0.2) is 50.2 Å². The quantitative estimate of drug-likeness (QED) is 0.705. The fourth-order valence-corrected chi connectivity index (χ4v) is 3.16. The monoisotopic (exact) mass is 371 g/mol. The first-order valence-corrected chi connectivity index (χ1v) is 9.45. The van der Waals surface area contributed by atoms with Gasteiger partial charge in [0.2, 0.25) is 17.8 Å².